The van der Waals surface area contributed by atoms with Crippen molar-refractivity contribution in [2.24, 2.45) is 0 Å². The molecule has 1 aromatic carbocycles. The number of furan rings is 1. The quantitative estimate of drug-likeness (QED) is 0.381. The Morgan fingerprint density at radius 3 is 2.66 bits per heavy atom. The number of anilines is 1. The Bertz CT molecular complexity index is 1350. The summed E-state index contributed by atoms with van der Waals surface area (Å²) in [5, 5.41) is 3.72. The fourth-order valence-corrected chi connectivity index (χ4v) is 3.45. The number of esters is 1. The highest BCUT2D eigenvalue weighted by molar-refractivity contribution is 6.37. The molecule has 0 aliphatic heterocycles. The minimum Gasteiger partial charge on any atom is -0.460 e. The van der Waals surface area contributed by atoms with E-state index in [4.69, 9.17) is 32.4 Å². The SMILES string of the molecule is Cc1ccc(-c2cc(C(=O)OCC(=O)Nc3ncc(Cl)c(C)c3Cl)c3ccccc3n2)o1. The first kappa shape index (κ1) is 21.8. The Labute approximate surface area is 193 Å². The van der Waals surface area contributed by atoms with E-state index in [1.165, 1.54) is 6.20 Å². The second-order valence-corrected chi connectivity index (χ2v) is 7.79. The Balaban J connectivity index is 1.55. The first-order valence-corrected chi connectivity index (χ1v) is 10.3. The number of hydrogen-bond acceptors (Lipinski definition) is 6. The number of fused-ring (bicyclic) bond motifs is 1. The van der Waals surface area contributed by atoms with E-state index >= 15 is 0 Å². The minimum atomic E-state index is -0.672. The molecule has 0 aliphatic carbocycles. The van der Waals surface area contributed by atoms with Crippen LogP contribution in [0.25, 0.3) is 22.4 Å². The van der Waals surface area contributed by atoms with Crippen LogP contribution in [0.4, 0.5) is 5.82 Å². The van der Waals surface area contributed by atoms with E-state index in [1.54, 1.807) is 37.3 Å². The van der Waals surface area contributed by atoms with Crippen LogP contribution in [-0.4, -0.2) is 28.5 Å². The lowest BCUT2D eigenvalue weighted by Gasteiger charge is -2.11. The van der Waals surface area contributed by atoms with Crippen molar-refractivity contribution in [3.05, 3.63) is 75.6 Å². The number of halogens is 2. The van der Waals surface area contributed by atoms with Crippen LogP contribution < -0.4 is 5.32 Å². The van der Waals surface area contributed by atoms with Gasteiger partial charge in [-0.1, -0.05) is 41.4 Å². The van der Waals surface area contributed by atoms with E-state index in [-0.39, 0.29) is 16.4 Å². The largest absolute Gasteiger partial charge is 0.460 e. The lowest BCUT2D eigenvalue weighted by molar-refractivity contribution is -0.119. The molecule has 1 amide bonds. The van der Waals surface area contributed by atoms with E-state index in [0.717, 1.165) is 5.76 Å². The summed E-state index contributed by atoms with van der Waals surface area (Å²) >= 11 is 12.1. The van der Waals surface area contributed by atoms with Gasteiger partial charge in [0, 0.05) is 11.6 Å². The molecule has 0 aliphatic rings. The van der Waals surface area contributed by atoms with Gasteiger partial charge in [0.15, 0.2) is 18.2 Å². The van der Waals surface area contributed by atoms with Crippen molar-refractivity contribution in [2.75, 3.05) is 11.9 Å². The molecule has 7 nitrogen and oxygen atoms in total. The predicted molar refractivity (Wildman–Crippen MR) is 122 cm³/mol. The summed E-state index contributed by atoms with van der Waals surface area (Å²) in [5.74, 6) is 0.128. The second-order valence-electron chi connectivity index (χ2n) is 7.00. The van der Waals surface area contributed by atoms with Gasteiger partial charge in [0.2, 0.25) is 0 Å². The third-order valence-electron chi connectivity index (χ3n) is 4.72. The summed E-state index contributed by atoms with van der Waals surface area (Å²) < 4.78 is 10.9. The number of benzene rings is 1. The fraction of sp³-hybridized carbons (Fsp3) is 0.130. The molecular weight excluding hydrogens is 453 g/mol. The summed E-state index contributed by atoms with van der Waals surface area (Å²) in [6, 6.07) is 12.3. The Morgan fingerprint density at radius 1 is 1.12 bits per heavy atom. The lowest BCUT2D eigenvalue weighted by Crippen LogP contribution is -2.22. The Morgan fingerprint density at radius 2 is 1.91 bits per heavy atom. The normalized spacial score (nSPS) is 10.9. The molecule has 0 radical (unpaired) electrons. The predicted octanol–water partition coefficient (Wildman–Crippen LogP) is 5.61. The monoisotopic (exact) mass is 469 g/mol. The molecule has 3 heterocycles. The molecule has 0 bridgehead atoms. The number of aromatic nitrogens is 2. The van der Waals surface area contributed by atoms with Crippen molar-refractivity contribution >= 4 is 51.8 Å². The van der Waals surface area contributed by atoms with E-state index < -0.39 is 18.5 Å². The van der Waals surface area contributed by atoms with Gasteiger partial charge in [0.05, 0.1) is 21.1 Å². The molecule has 4 aromatic rings. The first-order chi connectivity index (χ1) is 15.3. The molecule has 0 unspecified atom stereocenters. The number of amides is 1. The minimum absolute atomic E-state index is 0.138. The highest BCUT2D eigenvalue weighted by Gasteiger charge is 2.18. The summed E-state index contributed by atoms with van der Waals surface area (Å²) in [5.41, 5.74) is 1.94. The van der Waals surface area contributed by atoms with Crippen LogP contribution in [0.15, 0.2) is 53.1 Å². The van der Waals surface area contributed by atoms with Gasteiger partial charge < -0.3 is 14.5 Å². The van der Waals surface area contributed by atoms with E-state index in [2.05, 4.69) is 15.3 Å². The van der Waals surface area contributed by atoms with Gasteiger partial charge in [-0.15, -0.1) is 0 Å². The third-order valence-corrected chi connectivity index (χ3v) is 5.57. The molecule has 0 saturated carbocycles. The summed E-state index contributed by atoms with van der Waals surface area (Å²) in [4.78, 5) is 33.7. The topological polar surface area (TPSA) is 94.3 Å². The number of nitrogens with zero attached hydrogens (tertiary/aromatic N) is 2. The van der Waals surface area contributed by atoms with E-state index in [0.29, 0.717) is 32.9 Å². The standard InChI is InChI=1S/C23H17Cl2N3O4/c1-12-7-8-19(32-12)18-9-15(14-5-3-4-6-17(14)27-18)23(30)31-11-20(29)28-22-21(25)13(2)16(24)10-26-22/h3-10H,11H2,1-2H3,(H,26,28,29). The van der Waals surface area contributed by atoms with Crippen molar-refractivity contribution in [1.82, 2.24) is 9.97 Å². The summed E-state index contributed by atoms with van der Waals surface area (Å²) in [6.45, 7) is 3.00. The molecule has 162 valence electrons. The van der Waals surface area contributed by atoms with Crippen LogP contribution in [0.3, 0.4) is 0 Å². The van der Waals surface area contributed by atoms with Gasteiger partial charge >= 0.3 is 5.97 Å². The van der Waals surface area contributed by atoms with Crippen LogP contribution in [0.2, 0.25) is 10.0 Å². The van der Waals surface area contributed by atoms with Crippen LogP contribution in [0.1, 0.15) is 21.7 Å². The van der Waals surface area contributed by atoms with Gasteiger partial charge in [0.1, 0.15) is 11.5 Å². The van der Waals surface area contributed by atoms with Gasteiger partial charge in [-0.3, -0.25) is 4.79 Å². The van der Waals surface area contributed by atoms with Crippen LogP contribution in [0, 0.1) is 13.8 Å². The van der Waals surface area contributed by atoms with Crippen molar-refractivity contribution in [2.45, 2.75) is 13.8 Å². The molecule has 0 fully saturated rings. The number of nitrogens with one attached hydrogen (secondary N) is 1. The molecular formula is C23H17Cl2N3O4. The molecule has 9 heteroatoms. The highest BCUT2D eigenvalue weighted by atomic mass is 35.5. The first-order valence-electron chi connectivity index (χ1n) is 9.57. The third kappa shape index (κ3) is 4.44. The number of pyridine rings is 2. The zero-order valence-electron chi connectivity index (χ0n) is 17.1. The lowest BCUT2D eigenvalue weighted by atomic mass is 10.1. The number of aryl methyl sites for hydroxylation is 1. The molecule has 4 rings (SSSR count). The Kier molecular flexibility index (Phi) is 6.12. The smallest absolute Gasteiger partial charge is 0.339 e. The van der Waals surface area contributed by atoms with Crippen LogP contribution >= 0.6 is 23.2 Å². The number of carbonyl (C=O) groups is 2. The summed E-state index contributed by atoms with van der Waals surface area (Å²) in [7, 11) is 0. The Hall–Kier alpha value is -3.42. The van der Waals surface area contributed by atoms with Crippen molar-refractivity contribution in [3.8, 4) is 11.5 Å². The number of carbonyl (C=O) groups excluding carboxylic acids is 2. The molecule has 3 aromatic heterocycles. The molecule has 0 saturated heterocycles. The van der Waals surface area contributed by atoms with Crippen molar-refractivity contribution in [3.63, 3.8) is 0 Å². The molecule has 1 N–H and O–H groups in total. The van der Waals surface area contributed by atoms with Gasteiger partial charge in [-0.2, -0.15) is 0 Å². The van der Waals surface area contributed by atoms with Crippen LogP contribution in [0.5, 0.6) is 0 Å². The number of para-hydroxylation sites is 1. The zero-order valence-corrected chi connectivity index (χ0v) is 18.6. The molecule has 32 heavy (non-hydrogen) atoms. The fourth-order valence-electron chi connectivity index (χ4n) is 3.06. The second kappa shape index (κ2) is 8.98. The van der Waals surface area contributed by atoms with E-state index in [1.807, 2.05) is 19.1 Å². The van der Waals surface area contributed by atoms with Gasteiger partial charge in [-0.25, -0.2) is 14.8 Å². The average Bonchev–Trinajstić information content (AvgIpc) is 3.23. The van der Waals surface area contributed by atoms with Crippen molar-refractivity contribution < 1.29 is 18.7 Å². The summed E-state index contributed by atoms with van der Waals surface area (Å²) in [6.07, 6.45) is 1.38. The number of rotatable bonds is 5. The molecule has 0 atom stereocenters. The highest BCUT2D eigenvalue weighted by Crippen LogP contribution is 2.29. The van der Waals surface area contributed by atoms with Crippen LogP contribution in [-0.2, 0) is 9.53 Å². The zero-order chi connectivity index (χ0) is 22.8. The number of hydrogen-bond donors (Lipinski definition) is 1. The maximum absolute atomic E-state index is 12.9. The maximum atomic E-state index is 12.9. The van der Waals surface area contributed by atoms with Crippen molar-refractivity contribution in [1.29, 1.82) is 0 Å². The molecule has 0 spiro atoms. The van der Waals surface area contributed by atoms with Gasteiger partial charge in [0.25, 0.3) is 5.91 Å². The maximum Gasteiger partial charge on any atom is 0.339 e. The number of ether oxygens (including phenoxy) is 1. The van der Waals surface area contributed by atoms with E-state index in [9.17, 15) is 9.59 Å². The average molecular weight is 470 g/mol. The van der Waals surface area contributed by atoms with Gasteiger partial charge in [-0.05, 0) is 43.7 Å².